The molecule has 6 aromatic carbocycles. The van der Waals surface area contributed by atoms with Gasteiger partial charge in [-0.1, -0.05) is 99.1 Å². The van der Waals surface area contributed by atoms with E-state index in [1.807, 2.05) is 77.6 Å². The summed E-state index contributed by atoms with van der Waals surface area (Å²) in [5.41, 5.74) is 10.7. The fourth-order valence-corrected chi connectivity index (χ4v) is 7.16. The minimum absolute atomic E-state index is 0. The number of rotatable bonds is 7. The van der Waals surface area contributed by atoms with Crippen molar-refractivity contribution < 1.29 is 25.8 Å². The quantitative estimate of drug-likeness (QED) is 0.149. The number of benzene rings is 6. The maximum atomic E-state index is 9.61. The van der Waals surface area contributed by atoms with Crippen LogP contribution in [0.5, 0.6) is 11.5 Å². The van der Waals surface area contributed by atoms with Crippen LogP contribution in [0.1, 0.15) is 31.9 Å². The predicted molar refractivity (Wildman–Crippen MR) is 220 cm³/mol. The minimum atomic E-state index is -0.0566. The number of imidazole rings is 1. The van der Waals surface area contributed by atoms with E-state index in [0.29, 0.717) is 17.1 Å². The second-order valence-electron chi connectivity index (χ2n) is 14.6. The Labute approximate surface area is 340 Å². The summed E-state index contributed by atoms with van der Waals surface area (Å²) in [6.07, 6.45) is 5.72. The number of pyridine rings is 1. The second kappa shape index (κ2) is 14.9. The van der Waals surface area contributed by atoms with Crippen LogP contribution in [0.15, 0.2) is 158 Å². The third kappa shape index (κ3) is 6.83. The summed E-state index contributed by atoms with van der Waals surface area (Å²) in [6, 6.07) is 56.2. The van der Waals surface area contributed by atoms with Crippen LogP contribution >= 0.6 is 0 Å². The van der Waals surface area contributed by atoms with Crippen molar-refractivity contribution in [1.82, 2.24) is 19.1 Å². The first-order valence-corrected chi connectivity index (χ1v) is 18.2. The Balaban J connectivity index is 0.00000441. The van der Waals surface area contributed by atoms with Crippen molar-refractivity contribution in [2.75, 3.05) is 0 Å². The SMILES string of the molecule is CC(C)(C)c1cc(-c2ccccc2)c(-n2cnc(-c3[c-]c(Oc4[c-]c5c(cc4)c4cc(C#N)ccc4n5-c4ccccn4)ccc3)c2)c(-c2ccccc2)c1.[Pt+2]. The molecule has 0 saturated heterocycles. The molecule has 0 aliphatic carbocycles. The molecule has 0 atom stereocenters. The zero-order chi connectivity index (χ0) is 37.5. The number of ether oxygens (including phenoxy) is 1. The summed E-state index contributed by atoms with van der Waals surface area (Å²) in [5, 5.41) is 11.5. The van der Waals surface area contributed by atoms with Crippen LogP contribution in [0.4, 0.5) is 0 Å². The molecule has 0 bridgehead atoms. The van der Waals surface area contributed by atoms with Gasteiger partial charge in [0.1, 0.15) is 5.82 Å². The van der Waals surface area contributed by atoms with Crippen LogP contribution in [0, 0.1) is 23.5 Å². The number of nitrogens with zero attached hydrogens (tertiary/aromatic N) is 5. The second-order valence-corrected chi connectivity index (χ2v) is 14.6. The molecule has 272 valence electrons. The summed E-state index contributed by atoms with van der Waals surface area (Å²) < 4.78 is 10.6. The fourth-order valence-electron chi connectivity index (χ4n) is 7.16. The minimum Gasteiger partial charge on any atom is -0.503 e. The Hall–Kier alpha value is -6.54. The van der Waals surface area contributed by atoms with Crippen molar-refractivity contribution in [1.29, 1.82) is 5.26 Å². The van der Waals surface area contributed by atoms with E-state index in [1.54, 1.807) is 6.20 Å². The van der Waals surface area contributed by atoms with E-state index in [4.69, 9.17) is 9.72 Å². The molecule has 0 aliphatic rings. The van der Waals surface area contributed by atoms with Crippen molar-refractivity contribution in [3.05, 3.63) is 182 Å². The Bertz CT molecular complexity index is 2820. The van der Waals surface area contributed by atoms with Crippen LogP contribution in [-0.2, 0) is 26.5 Å². The van der Waals surface area contributed by atoms with Gasteiger partial charge in [0, 0.05) is 40.0 Å². The van der Waals surface area contributed by atoms with Crippen molar-refractivity contribution in [3.63, 3.8) is 0 Å². The molecule has 0 unspecified atom stereocenters. The van der Waals surface area contributed by atoms with Gasteiger partial charge in [-0.3, -0.25) is 4.98 Å². The van der Waals surface area contributed by atoms with Crippen LogP contribution in [0.25, 0.3) is 66.8 Å². The molecule has 0 saturated carbocycles. The van der Waals surface area contributed by atoms with Gasteiger partial charge in [-0.25, -0.2) is 4.98 Å². The zero-order valence-electron chi connectivity index (χ0n) is 31.0. The average Bonchev–Trinajstić information content (AvgIpc) is 3.84. The van der Waals surface area contributed by atoms with Gasteiger partial charge in [-0.2, -0.15) is 11.3 Å². The molecule has 6 nitrogen and oxygen atoms in total. The van der Waals surface area contributed by atoms with E-state index in [1.165, 1.54) is 5.56 Å². The Morgan fingerprint density at radius 2 is 1.38 bits per heavy atom. The van der Waals surface area contributed by atoms with Gasteiger partial charge < -0.3 is 13.9 Å². The van der Waals surface area contributed by atoms with Gasteiger partial charge in [-0.15, -0.1) is 41.3 Å². The predicted octanol–water partition coefficient (Wildman–Crippen LogP) is 11.9. The molecule has 9 aromatic rings. The van der Waals surface area contributed by atoms with Gasteiger partial charge in [0.15, 0.2) is 0 Å². The van der Waals surface area contributed by atoms with E-state index < -0.39 is 0 Å². The molecule has 0 radical (unpaired) electrons. The Morgan fingerprint density at radius 3 is 2.04 bits per heavy atom. The van der Waals surface area contributed by atoms with E-state index in [0.717, 1.165) is 66.8 Å². The van der Waals surface area contributed by atoms with E-state index in [2.05, 4.69) is 128 Å². The topological polar surface area (TPSA) is 68.7 Å². The van der Waals surface area contributed by atoms with Gasteiger partial charge in [0.25, 0.3) is 0 Å². The average molecular weight is 905 g/mol. The first-order chi connectivity index (χ1) is 26.8. The van der Waals surface area contributed by atoms with Gasteiger partial charge >= 0.3 is 21.1 Å². The number of nitriles is 1. The first-order valence-electron chi connectivity index (χ1n) is 18.2. The fraction of sp³-hybridized carbons (Fsp3) is 0.0816. The molecular weight excluding hydrogens is 870 g/mol. The normalized spacial score (nSPS) is 11.3. The van der Waals surface area contributed by atoms with E-state index in [9.17, 15) is 5.26 Å². The van der Waals surface area contributed by atoms with Crippen LogP contribution in [-0.4, -0.2) is 19.1 Å². The summed E-state index contributed by atoms with van der Waals surface area (Å²) in [6.45, 7) is 6.77. The number of hydrogen-bond acceptors (Lipinski definition) is 4. The molecule has 0 N–H and O–H groups in total. The molecule has 3 heterocycles. The van der Waals surface area contributed by atoms with Crippen LogP contribution < -0.4 is 4.74 Å². The van der Waals surface area contributed by atoms with Gasteiger partial charge in [0.2, 0.25) is 0 Å². The van der Waals surface area contributed by atoms with E-state index >= 15 is 0 Å². The largest absolute Gasteiger partial charge is 2.00 e. The maximum absolute atomic E-state index is 9.61. The molecule has 7 heteroatoms. The maximum Gasteiger partial charge on any atom is 2.00 e. The number of hydrogen-bond donors (Lipinski definition) is 0. The Morgan fingerprint density at radius 1 is 0.679 bits per heavy atom. The smallest absolute Gasteiger partial charge is 0.503 e. The molecule has 0 fully saturated rings. The molecule has 0 aliphatic heterocycles. The standard InChI is InChI=1S/C49H35N5O.Pt/c1-49(2,3)37-27-41(34-13-6-4-7-14-34)48(42(28-37)35-15-8-5-9-16-35)53-31-44(52-32-53)36-17-12-18-38(26-36)55-39-21-22-40-43-25-33(30-50)20-23-45(43)54(46(40)29-39)47-19-10-11-24-51-47;/h4-25,27-28,31-32H,1-3H3;/q-2;+2. The third-order valence-corrected chi connectivity index (χ3v) is 9.91. The third-order valence-electron chi connectivity index (χ3n) is 9.91. The van der Waals surface area contributed by atoms with Gasteiger partial charge in [0.05, 0.1) is 23.6 Å². The van der Waals surface area contributed by atoms with Crippen molar-refractivity contribution in [2.24, 2.45) is 0 Å². The van der Waals surface area contributed by atoms with Crippen LogP contribution in [0.3, 0.4) is 0 Å². The summed E-state index contributed by atoms with van der Waals surface area (Å²) >= 11 is 0. The monoisotopic (exact) mass is 904 g/mol. The summed E-state index contributed by atoms with van der Waals surface area (Å²) in [5.74, 6) is 1.83. The van der Waals surface area contributed by atoms with Crippen molar-refractivity contribution in [3.8, 4) is 62.6 Å². The summed E-state index contributed by atoms with van der Waals surface area (Å²) in [7, 11) is 0. The molecule has 56 heavy (non-hydrogen) atoms. The van der Waals surface area contributed by atoms with Crippen molar-refractivity contribution in [2.45, 2.75) is 26.2 Å². The zero-order valence-corrected chi connectivity index (χ0v) is 33.2. The number of fused-ring (bicyclic) bond motifs is 3. The molecular formula is C49H35N5OPt. The van der Waals surface area contributed by atoms with Gasteiger partial charge in [-0.05, 0) is 76.2 Å². The molecule has 0 spiro atoms. The molecule has 0 amide bonds. The van der Waals surface area contributed by atoms with E-state index in [-0.39, 0.29) is 26.5 Å². The first kappa shape index (κ1) is 36.4. The number of aromatic nitrogens is 4. The molecule has 9 rings (SSSR count). The summed E-state index contributed by atoms with van der Waals surface area (Å²) in [4.78, 5) is 9.54. The Kier molecular flexibility index (Phi) is 9.72. The van der Waals surface area contributed by atoms with Crippen molar-refractivity contribution >= 4 is 21.8 Å². The van der Waals surface area contributed by atoms with Crippen LogP contribution in [0.2, 0.25) is 0 Å². The molecule has 3 aromatic heterocycles.